The van der Waals surface area contributed by atoms with E-state index >= 15 is 0 Å². The van der Waals surface area contributed by atoms with Gasteiger partial charge in [0.05, 0.1) is 18.8 Å². The van der Waals surface area contributed by atoms with E-state index in [1.807, 2.05) is 24.3 Å². The highest BCUT2D eigenvalue weighted by atomic mass is 16.3. The second-order valence-corrected chi connectivity index (χ2v) is 7.62. The predicted molar refractivity (Wildman–Crippen MR) is 112 cm³/mol. The number of anilines is 4. The van der Waals surface area contributed by atoms with Crippen molar-refractivity contribution in [1.82, 2.24) is 14.6 Å². The van der Waals surface area contributed by atoms with Gasteiger partial charge in [-0.1, -0.05) is 0 Å². The third-order valence-electron chi connectivity index (χ3n) is 5.73. The van der Waals surface area contributed by atoms with Crippen LogP contribution in [0.1, 0.15) is 30.4 Å². The Bertz CT molecular complexity index is 1180. The first-order chi connectivity index (χ1) is 14.7. The number of aromatic nitrogens is 3. The van der Waals surface area contributed by atoms with E-state index in [1.165, 1.54) is 6.20 Å². The van der Waals surface area contributed by atoms with Crippen LogP contribution in [0.15, 0.2) is 30.5 Å². The van der Waals surface area contributed by atoms with Crippen LogP contribution in [0.2, 0.25) is 0 Å². The van der Waals surface area contributed by atoms with Crippen molar-refractivity contribution >= 4 is 34.6 Å². The summed E-state index contributed by atoms with van der Waals surface area (Å²) in [7, 11) is 0. The summed E-state index contributed by atoms with van der Waals surface area (Å²) in [6.45, 7) is 0.874. The van der Waals surface area contributed by atoms with Crippen LogP contribution in [0.4, 0.5) is 23.0 Å². The smallest absolute Gasteiger partial charge is 0.224 e. The van der Waals surface area contributed by atoms with Crippen molar-refractivity contribution in [1.29, 1.82) is 5.26 Å². The first-order valence-corrected chi connectivity index (χ1v) is 10.0. The third-order valence-corrected chi connectivity index (χ3v) is 5.73. The molecule has 2 aromatic heterocycles. The molecule has 0 spiro atoms. The number of hydrogen-bond donors (Lipinski definition) is 3. The van der Waals surface area contributed by atoms with Crippen LogP contribution in [0.25, 0.3) is 5.65 Å². The molecule has 1 amide bonds. The van der Waals surface area contributed by atoms with Gasteiger partial charge < -0.3 is 20.6 Å². The summed E-state index contributed by atoms with van der Waals surface area (Å²) >= 11 is 0. The number of rotatable bonds is 4. The maximum absolute atomic E-state index is 11.6. The second-order valence-electron chi connectivity index (χ2n) is 7.62. The molecule has 0 aliphatic carbocycles. The summed E-state index contributed by atoms with van der Waals surface area (Å²) in [6, 6.07) is 9.87. The molecule has 2 aliphatic heterocycles. The number of aryl methyl sites for hydroxylation is 1. The summed E-state index contributed by atoms with van der Waals surface area (Å²) < 4.78 is 1.62. The lowest BCUT2D eigenvalue weighted by molar-refractivity contribution is -0.116. The minimum absolute atomic E-state index is 0.0219. The van der Waals surface area contributed by atoms with Crippen molar-refractivity contribution < 1.29 is 9.90 Å². The Morgan fingerprint density at radius 3 is 3.07 bits per heavy atom. The van der Waals surface area contributed by atoms with E-state index in [0.29, 0.717) is 35.7 Å². The van der Waals surface area contributed by atoms with Gasteiger partial charge in [-0.05, 0) is 43.0 Å². The fourth-order valence-electron chi connectivity index (χ4n) is 4.20. The van der Waals surface area contributed by atoms with Gasteiger partial charge in [0.15, 0.2) is 5.65 Å². The minimum atomic E-state index is 0.0219. The molecule has 5 rings (SSSR count). The maximum Gasteiger partial charge on any atom is 0.224 e. The zero-order valence-corrected chi connectivity index (χ0v) is 16.3. The molecule has 0 saturated carbocycles. The van der Waals surface area contributed by atoms with E-state index in [-0.39, 0.29) is 18.6 Å². The van der Waals surface area contributed by atoms with Gasteiger partial charge in [-0.3, -0.25) is 4.79 Å². The molecule has 0 unspecified atom stereocenters. The Morgan fingerprint density at radius 2 is 2.23 bits per heavy atom. The average Bonchev–Trinajstić information content (AvgIpc) is 3.40. The van der Waals surface area contributed by atoms with Crippen LogP contribution in [0.5, 0.6) is 0 Å². The highest BCUT2D eigenvalue weighted by Crippen LogP contribution is 2.31. The number of aliphatic hydroxyl groups excluding tert-OH is 1. The fourth-order valence-corrected chi connectivity index (χ4v) is 4.20. The van der Waals surface area contributed by atoms with E-state index < -0.39 is 0 Å². The maximum atomic E-state index is 11.6. The molecule has 1 atom stereocenters. The molecule has 9 heteroatoms. The van der Waals surface area contributed by atoms with E-state index in [1.54, 1.807) is 4.52 Å². The number of carbonyl (C=O) groups excluding carboxylic acids is 1. The predicted octanol–water partition coefficient (Wildman–Crippen LogP) is 2.19. The van der Waals surface area contributed by atoms with Crippen LogP contribution in [0.3, 0.4) is 0 Å². The molecular weight excluding hydrogens is 382 g/mol. The number of amides is 1. The normalized spacial score (nSPS) is 18.2. The van der Waals surface area contributed by atoms with E-state index in [9.17, 15) is 15.2 Å². The highest BCUT2D eigenvalue weighted by molar-refractivity contribution is 5.94. The fraction of sp³-hybridized carbons (Fsp3) is 0.333. The first kappa shape index (κ1) is 18.4. The summed E-state index contributed by atoms with van der Waals surface area (Å²) in [6.07, 6.45) is 4.57. The summed E-state index contributed by atoms with van der Waals surface area (Å²) in [5, 5.41) is 29.8. The van der Waals surface area contributed by atoms with Crippen LogP contribution >= 0.6 is 0 Å². The molecule has 0 radical (unpaired) electrons. The van der Waals surface area contributed by atoms with Crippen molar-refractivity contribution in [2.24, 2.45) is 0 Å². The van der Waals surface area contributed by atoms with E-state index in [4.69, 9.17) is 0 Å². The number of carbonyl (C=O) groups is 1. The molecule has 3 N–H and O–H groups in total. The largest absolute Gasteiger partial charge is 0.394 e. The number of hydrogen-bond acceptors (Lipinski definition) is 7. The molecule has 1 fully saturated rings. The van der Waals surface area contributed by atoms with Crippen molar-refractivity contribution in [3.63, 3.8) is 0 Å². The molecule has 2 aliphatic rings. The Kier molecular flexibility index (Phi) is 4.48. The zero-order chi connectivity index (χ0) is 20.7. The lowest BCUT2D eigenvalue weighted by atomic mass is 10.0. The highest BCUT2D eigenvalue weighted by Gasteiger charge is 2.26. The molecule has 0 bridgehead atoms. The third kappa shape index (κ3) is 3.11. The van der Waals surface area contributed by atoms with E-state index in [2.05, 4.69) is 31.7 Å². The molecule has 30 heavy (non-hydrogen) atoms. The van der Waals surface area contributed by atoms with Gasteiger partial charge in [0.1, 0.15) is 23.3 Å². The number of aliphatic hydroxyl groups is 1. The summed E-state index contributed by atoms with van der Waals surface area (Å²) in [4.78, 5) is 18.4. The molecule has 1 saturated heterocycles. The molecule has 9 nitrogen and oxygen atoms in total. The number of nitrogens with zero attached hydrogens (tertiary/aromatic N) is 5. The molecule has 4 heterocycles. The Hall–Kier alpha value is -3.64. The van der Waals surface area contributed by atoms with Crippen LogP contribution in [-0.4, -0.2) is 44.8 Å². The van der Waals surface area contributed by atoms with Crippen molar-refractivity contribution in [2.45, 2.75) is 31.7 Å². The summed E-state index contributed by atoms with van der Waals surface area (Å²) in [5.74, 6) is 1.43. The van der Waals surface area contributed by atoms with Crippen LogP contribution in [0, 0.1) is 11.3 Å². The van der Waals surface area contributed by atoms with E-state index in [0.717, 1.165) is 36.3 Å². The Balaban J connectivity index is 1.56. The lowest BCUT2D eigenvalue weighted by Crippen LogP contribution is -2.33. The van der Waals surface area contributed by atoms with Gasteiger partial charge in [0, 0.05) is 30.4 Å². The number of nitriles is 1. The molecular formula is C21H21N7O2. The van der Waals surface area contributed by atoms with Gasteiger partial charge >= 0.3 is 0 Å². The van der Waals surface area contributed by atoms with Crippen LogP contribution in [-0.2, 0) is 11.2 Å². The zero-order valence-electron chi connectivity index (χ0n) is 16.3. The van der Waals surface area contributed by atoms with Gasteiger partial charge in [0.2, 0.25) is 5.91 Å². The molecule has 152 valence electrons. The Labute approximate surface area is 172 Å². The van der Waals surface area contributed by atoms with Gasteiger partial charge in [0.25, 0.3) is 0 Å². The minimum Gasteiger partial charge on any atom is -0.394 e. The monoisotopic (exact) mass is 403 g/mol. The lowest BCUT2D eigenvalue weighted by Gasteiger charge is -2.25. The quantitative estimate of drug-likeness (QED) is 0.611. The van der Waals surface area contributed by atoms with Crippen molar-refractivity contribution in [3.05, 3.63) is 41.6 Å². The molecule has 3 aromatic rings. The number of benzene rings is 1. The Morgan fingerprint density at radius 1 is 1.33 bits per heavy atom. The SMILES string of the molecule is N#Cc1cnn2c(Nc3ccc4c(c3)CCC(=O)N4)cc(N3CCC[C@@H]3CO)nc12. The second kappa shape index (κ2) is 7.31. The van der Waals surface area contributed by atoms with Gasteiger partial charge in [-0.2, -0.15) is 14.9 Å². The van der Waals surface area contributed by atoms with Gasteiger partial charge in [-0.15, -0.1) is 0 Å². The van der Waals surface area contributed by atoms with Crippen LogP contribution < -0.4 is 15.5 Å². The standard InChI is InChI=1S/C21H21N7O2/c22-10-14-11-23-28-19(9-18(26-21(14)28)27-7-1-2-16(27)12-29)24-15-4-5-17-13(8-15)3-6-20(30)25-17/h4-5,8-9,11,16,24,29H,1-3,6-7,12H2,(H,25,30)/t16-/m1/s1. The average molecular weight is 403 g/mol. The van der Waals surface area contributed by atoms with Crippen molar-refractivity contribution in [2.75, 3.05) is 28.7 Å². The van der Waals surface area contributed by atoms with Crippen molar-refractivity contribution in [3.8, 4) is 6.07 Å². The number of fused-ring (bicyclic) bond motifs is 2. The summed E-state index contributed by atoms with van der Waals surface area (Å²) in [5.41, 5.74) is 3.64. The topological polar surface area (TPSA) is 119 Å². The first-order valence-electron chi connectivity index (χ1n) is 10.0. The molecule has 1 aromatic carbocycles. The number of nitrogens with one attached hydrogen (secondary N) is 2. The van der Waals surface area contributed by atoms with Gasteiger partial charge in [-0.25, -0.2) is 4.98 Å².